The summed E-state index contributed by atoms with van der Waals surface area (Å²) >= 11 is 0. The van der Waals surface area contributed by atoms with Gasteiger partial charge in [0.25, 0.3) is 5.91 Å². The zero-order chi connectivity index (χ0) is 19.3. The van der Waals surface area contributed by atoms with Crippen LogP contribution in [0.1, 0.15) is 64.6 Å². The van der Waals surface area contributed by atoms with Crippen LogP contribution in [-0.2, 0) is 0 Å². The van der Waals surface area contributed by atoms with E-state index in [0.29, 0.717) is 30.1 Å². The zero-order valence-electron chi connectivity index (χ0n) is 16.2. The smallest absolute Gasteiger partial charge is 0.255 e. The van der Waals surface area contributed by atoms with Crippen molar-refractivity contribution in [2.24, 2.45) is 0 Å². The Labute approximate surface area is 164 Å². The number of hydrogen-bond donors (Lipinski definition) is 0. The van der Waals surface area contributed by atoms with E-state index in [9.17, 15) is 9.18 Å². The molecule has 0 unspecified atom stereocenters. The fourth-order valence-electron chi connectivity index (χ4n) is 4.13. The summed E-state index contributed by atoms with van der Waals surface area (Å²) in [6.07, 6.45) is 8.52. The number of aromatic nitrogens is 2. The number of carbonyl (C=O) groups excluding carboxylic acids is 1. The van der Waals surface area contributed by atoms with Crippen molar-refractivity contribution in [1.82, 2.24) is 14.9 Å². The first-order valence-electron chi connectivity index (χ1n) is 10.3. The lowest BCUT2D eigenvalue weighted by Gasteiger charge is -2.36. The van der Waals surface area contributed by atoms with Gasteiger partial charge in [-0.15, -0.1) is 0 Å². The number of piperazine rings is 1. The third-order valence-corrected chi connectivity index (χ3v) is 6.16. The van der Waals surface area contributed by atoms with E-state index in [-0.39, 0.29) is 5.91 Å². The third kappa shape index (κ3) is 3.36. The van der Waals surface area contributed by atoms with Crippen LogP contribution < -0.4 is 4.90 Å². The fourth-order valence-corrected chi connectivity index (χ4v) is 4.13. The molecule has 0 aromatic carbocycles. The summed E-state index contributed by atoms with van der Waals surface area (Å²) in [7, 11) is 0. The minimum absolute atomic E-state index is 0.0656. The van der Waals surface area contributed by atoms with Crippen LogP contribution in [-0.4, -0.2) is 47.0 Å². The van der Waals surface area contributed by atoms with E-state index in [0.717, 1.165) is 24.8 Å². The molecule has 3 heterocycles. The lowest BCUT2D eigenvalue weighted by Crippen LogP contribution is -2.49. The predicted molar refractivity (Wildman–Crippen MR) is 105 cm³/mol. The summed E-state index contributed by atoms with van der Waals surface area (Å²) in [5.41, 5.74) is 3.93. The van der Waals surface area contributed by atoms with E-state index < -0.39 is 5.95 Å². The van der Waals surface area contributed by atoms with Crippen LogP contribution >= 0.6 is 0 Å². The van der Waals surface area contributed by atoms with Crippen LogP contribution in [0.15, 0.2) is 24.5 Å². The van der Waals surface area contributed by atoms with Gasteiger partial charge in [-0.1, -0.05) is 6.07 Å². The molecule has 2 saturated carbocycles. The van der Waals surface area contributed by atoms with E-state index in [2.05, 4.69) is 22.1 Å². The van der Waals surface area contributed by atoms with Crippen LogP contribution in [0, 0.1) is 12.9 Å². The predicted octanol–water partition coefficient (Wildman–Crippen LogP) is 3.64. The average molecular weight is 380 g/mol. The van der Waals surface area contributed by atoms with E-state index in [1.54, 1.807) is 6.92 Å². The van der Waals surface area contributed by atoms with Gasteiger partial charge in [0.15, 0.2) is 0 Å². The van der Waals surface area contributed by atoms with E-state index >= 15 is 0 Å². The van der Waals surface area contributed by atoms with E-state index in [4.69, 9.17) is 4.98 Å². The van der Waals surface area contributed by atoms with Gasteiger partial charge in [-0.3, -0.25) is 4.79 Å². The molecule has 1 aliphatic heterocycles. The van der Waals surface area contributed by atoms with Gasteiger partial charge in [0.2, 0.25) is 5.95 Å². The molecule has 6 heteroatoms. The number of halogens is 1. The first-order valence-corrected chi connectivity index (χ1v) is 10.3. The quantitative estimate of drug-likeness (QED) is 0.760. The zero-order valence-corrected chi connectivity index (χ0v) is 16.2. The monoisotopic (exact) mass is 380 g/mol. The molecule has 3 fully saturated rings. The molecule has 0 radical (unpaired) electrons. The van der Waals surface area contributed by atoms with E-state index in [1.165, 1.54) is 49.1 Å². The first kappa shape index (κ1) is 17.6. The highest BCUT2D eigenvalue weighted by molar-refractivity contribution is 5.95. The molecule has 1 saturated heterocycles. The van der Waals surface area contributed by atoms with Crippen molar-refractivity contribution < 1.29 is 9.18 Å². The molecule has 0 spiro atoms. The second-order valence-corrected chi connectivity index (χ2v) is 8.33. The maximum absolute atomic E-state index is 13.2. The van der Waals surface area contributed by atoms with Crippen molar-refractivity contribution in [3.05, 3.63) is 52.7 Å². The van der Waals surface area contributed by atoms with Crippen LogP contribution in [0.3, 0.4) is 0 Å². The summed E-state index contributed by atoms with van der Waals surface area (Å²) in [6.45, 7) is 4.59. The Morgan fingerprint density at radius 1 is 1.00 bits per heavy atom. The molecular weight excluding hydrogens is 355 g/mol. The summed E-state index contributed by atoms with van der Waals surface area (Å²) in [6, 6.07) is 3.71. The Morgan fingerprint density at radius 2 is 1.71 bits per heavy atom. The Bertz CT molecular complexity index is 915. The average Bonchev–Trinajstić information content (AvgIpc) is 3.60. The van der Waals surface area contributed by atoms with Gasteiger partial charge in [-0.25, -0.2) is 9.97 Å². The first-order chi connectivity index (χ1) is 13.6. The molecule has 28 heavy (non-hydrogen) atoms. The SMILES string of the molecule is Cc1cc(F)ncc1C(=O)N1CCN(c2ncc(C3CC3)cc2C2CC2)CC1. The van der Waals surface area contributed by atoms with Gasteiger partial charge in [0.1, 0.15) is 5.82 Å². The van der Waals surface area contributed by atoms with Crippen molar-refractivity contribution in [3.8, 4) is 0 Å². The molecule has 2 aromatic heterocycles. The van der Waals surface area contributed by atoms with Crippen molar-refractivity contribution in [2.75, 3.05) is 31.1 Å². The molecule has 0 N–H and O–H groups in total. The lowest BCUT2D eigenvalue weighted by atomic mass is 10.1. The summed E-state index contributed by atoms with van der Waals surface area (Å²) in [4.78, 5) is 25.5. The Balaban J connectivity index is 1.30. The second kappa shape index (κ2) is 6.83. The summed E-state index contributed by atoms with van der Waals surface area (Å²) in [5, 5.41) is 0. The number of amides is 1. The van der Waals surface area contributed by atoms with Gasteiger partial charge < -0.3 is 9.80 Å². The van der Waals surface area contributed by atoms with Gasteiger partial charge >= 0.3 is 0 Å². The number of rotatable bonds is 4. The summed E-state index contributed by atoms with van der Waals surface area (Å²) < 4.78 is 13.2. The van der Waals surface area contributed by atoms with Crippen LogP contribution in [0.4, 0.5) is 10.2 Å². The molecule has 0 atom stereocenters. The fraction of sp³-hybridized carbons (Fsp3) is 0.500. The highest BCUT2D eigenvalue weighted by Crippen LogP contribution is 2.47. The number of nitrogens with zero attached hydrogens (tertiary/aromatic N) is 4. The maximum Gasteiger partial charge on any atom is 0.255 e. The molecule has 5 nitrogen and oxygen atoms in total. The van der Waals surface area contributed by atoms with Crippen molar-refractivity contribution in [1.29, 1.82) is 0 Å². The Hall–Kier alpha value is -2.50. The topological polar surface area (TPSA) is 49.3 Å². The molecule has 1 amide bonds. The standard InChI is InChI=1S/C22H25FN4O/c1-14-10-20(23)24-13-19(14)22(28)27-8-6-26(7-9-27)21-18(16-4-5-16)11-17(12-25-21)15-2-3-15/h10-13,15-16H,2-9H2,1H3. The molecular formula is C22H25FN4O. The number of hydrogen-bond acceptors (Lipinski definition) is 4. The van der Waals surface area contributed by atoms with Gasteiger partial charge in [0, 0.05) is 38.6 Å². The molecule has 2 aliphatic carbocycles. The maximum atomic E-state index is 13.2. The number of anilines is 1. The normalized spacial score (nSPS) is 19.8. The minimum Gasteiger partial charge on any atom is -0.353 e. The lowest BCUT2D eigenvalue weighted by molar-refractivity contribution is 0.0745. The molecule has 0 bridgehead atoms. The minimum atomic E-state index is -0.549. The van der Waals surface area contributed by atoms with Gasteiger partial charge in [-0.2, -0.15) is 4.39 Å². The molecule has 3 aliphatic rings. The second-order valence-electron chi connectivity index (χ2n) is 8.33. The Kier molecular flexibility index (Phi) is 4.29. The van der Waals surface area contributed by atoms with Crippen LogP contribution in [0.5, 0.6) is 0 Å². The molecule has 2 aromatic rings. The highest BCUT2D eigenvalue weighted by Gasteiger charge is 2.33. The van der Waals surface area contributed by atoms with Crippen LogP contribution in [0.25, 0.3) is 0 Å². The number of aryl methyl sites for hydroxylation is 1. The largest absolute Gasteiger partial charge is 0.353 e. The number of carbonyl (C=O) groups is 1. The van der Waals surface area contributed by atoms with Crippen molar-refractivity contribution >= 4 is 11.7 Å². The van der Waals surface area contributed by atoms with E-state index in [1.807, 2.05) is 4.90 Å². The molecule has 146 valence electrons. The van der Waals surface area contributed by atoms with Crippen molar-refractivity contribution in [3.63, 3.8) is 0 Å². The van der Waals surface area contributed by atoms with Gasteiger partial charge in [-0.05, 0) is 67.2 Å². The highest BCUT2D eigenvalue weighted by atomic mass is 19.1. The van der Waals surface area contributed by atoms with Crippen molar-refractivity contribution in [2.45, 2.75) is 44.4 Å². The number of pyridine rings is 2. The molecule has 5 rings (SSSR count). The Morgan fingerprint density at radius 3 is 2.36 bits per heavy atom. The van der Waals surface area contributed by atoms with Gasteiger partial charge in [0.05, 0.1) is 5.56 Å². The van der Waals surface area contributed by atoms with Crippen LogP contribution in [0.2, 0.25) is 0 Å². The third-order valence-electron chi connectivity index (χ3n) is 6.16. The summed E-state index contributed by atoms with van der Waals surface area (Å²) in [5.74, 6) is 1.88.